The molecular formula is C16H21N3O2. The van der Waals surface area contributed by atoms with E-state index >= 15 is 0 Å². The van der Waals surface area contributed by atoms with Gasteiger partial charge in [0.25, 0.3) is 0 Å². The predicted octanol–water partition coefficient (Wildman–Crippen LogP) is 2.60. The van der Waals surface area contributed by atoms with E-state index < -0.39 is 0 Å². The summed E-state index contributed by atoms with van der Waals surface area (Å²) in [6.45, 7) is 1.54. The second kappa shape index (κ2) is 6.83. The minimum Gasteiger partial charge on any atom is -0.381 e. The first-order valence-electron chi connectivity index (χ1n) is 7.53. The lowest BCUT2D eigenvalue weighted by Gasteiger charge is -2.18. The van der Waals surface area contributed by atoms with Gasteiger partial charge in [-0.25, -0.2) is 0 Å². The van der Waals surface area contributed by atoms with Crippen LogP contribution in [0.1, 0.15) is 48.5 Å². The summed E-state index contributed by atoms with van der Waals surface area (Å²) >= 11 is 0. The Kier molecular flexibility index (Phi) is 4.62. The van der Waals surface area contributed by atoms with Crippen molar-refractivity contribution in [3.8, 4) is 0 Å². The van der Waals surface area contributed by atoms with Crippen molar-refractivity contribution < 1.29 is 9.26 Å². The Morgan fingerprint density at radius 2 is 1.95 bits per heavy atom. The van der Waals surface area contributed by atoms with E-state index in [0.717, 1.165) is 44.7 Å². The van der Waals surface area contributed by atoms with Crippen LogP contribution in [0.4, 0.5) is 0 Å². The van der Waals surface area contributed by atoms with Crippen molar-refractivity contribution in [2.24, 2.45) is 5.73 Å². The Morgan fingerprint density at radius 3 is 2.71 bits per heavy atom. The van der Waals surface area contributed by atoms with Gasteiger partial charge in [-0.1, -0.05) is 35.5 Å². The highest BCUT2D eigenvalue weighted by molar-refractivity contribution is 5.15. The van der Waals surface area contributed by atoms with E-state index in [1.54, 1.807) is 0 Å². The number of aryl methyl sites for hydroxylation is 1. The summed E-state index contributed by atoms with van der Waals surface area (Å²) in [6, 6.07) is 10.1. The standard InChI is InChI=1S/C16H21N3O2/c17-14(7-6-12-4-2-1-3-5-12)16-18-15(19-21-16)13-8-10-20-11-9-13/h1-5,13-14H,6-11,17H2/t14-/m0/s1. The van der Waals surface area contributed by atoms with Crippen molar-refractivity contribution in [1.29, 1.82) is 0 Å². The average molecular weight is 287 g/mol. The highest BCUT2D eigenvalue weighted by Gasteiger charge is 2.23. The van der Waals surface area contributed by atoms with E-state index in [2.05, 4.69) is 22.3 Å². The van der Waals surface area contributed by atoms with Gasteiger partial charge in [0, 0.05) is 19.1 Å². The first kappa shape index (κ1) is 14.2. The van der Waals surface area contributed by atoms with Crippen LogP contribution >= 0.6 is 0 Å². The summed E-state index contributed by atoms with van der Waals surface area (Å²) in [7, 11) is 0. The molecule has 0 amide bonds. The third kappa shape index (κ3) is 3.68. The largest absolute Gasteiger partial charge is 0.381 e. The molecule has 5 heteroatoms. The van der Waals surface area contributed by atoms with Crippen molar-refractivity contribution in [3.05, 3.63) is 47.6 Å². The summed E-state index contributed by atoms with van der Waals surface area (Å²) in [5, 5.41) is 4.09. The molecule has 1 aromatic heterocycles. The molecule has 0 unspecified atom stereocenters. The first-order chi connectivity index (χ1) is 10.3. The Balaban J connectivity index is 1.57. The first-order valence-corrected chi connectivity index (χ1v) is 7.53. The number of rotatable bonds is 5. The van der Waals surface area contributed by atoms with Crippen LogP contribution in [0.5, 0.6) is 0 Å². The Labute approximate surface area is 124 Å². The zero-order valence-corrected chi connectivity index (χ0v) is 12.1. The number of hydrogen-bond donors (Lipinski definition) is 1. The van der Waals surface area contributed by atoms with Crippen LogP contribution in [-0.4, -0.2) is 23.4 Å². The number of benzene rings is 1. The molecule has 0 saturated carbocycles. The summed E-state index contributed by atoms with van der Waals surface area (Å²) in [5.74, 6) is 1.67. The monoisotopic (exact) mass is 287 g/mol. The molecule has 1 atom stereocenters. The zero-order valence-electron chi connectivity index (χ0n) is 12.1. The van der Waals surface area contributed by atoms with Crippen molar-refractivity contribution in [3.63, 3.8) is 0 Å². The third-order valence-corrected chi connectivity index (χ3v) is 3.95. The zero-order chi connectivity index (χ0) is 14.5. The SMILES string of the molecule is N[C@@H](CCc1ccccc1)c1nc(C2CCOCC2)no1. The summed E-state index contributed by atoms with van der Waals surface area (Å²) < 4.78 is 10.7. The van der Waals surface area contributed by atoms with E-state index in [4.69, 9.17) is 15.0 Å². The molecule has 0 aliphatic carbocycles. The molecule has 0 spiro atoms. The molecule has 0 radical (unpaired) electrons. The molecule has 2 heterocycles. The molecule has 1 aliphatic heterocycles. The van der Waals surface area contributed by atoms with Gasteiger partial charge in [0.2, 0.25) is 5.89 Å². The fourth-order valence-electron chi connectivity index (χ4n) is 2.61. The van der Waals surface area contributed by atoms with Crippen LogP contribution < -0.4 is 5.73 Å². The van der Waals surface area contributed by atoms with E-state index in [9.17, 15) is 0 Å². The van der Waals surface area contributed by atoms with Gasteiger partial charge in [-0.05, 0) is 31.2 Å². The molecule has 1 saturated heterocycles. The Morgan fingerprint density at radius 1 is 1.19 bits per heavy atom. The van der Waals surface area contributed by atoms with Gasteiger partial charge in [-0.3, -0.25) is 0 Å². The highest BCUT2D eigenvalue weighted by Crippen LogP contribution is 2.25. The number of aromatic nitrogens is 2. The number of ether oxygens (including phenoxy) is 1. The lowest BCUT2D eigenvalue weighted by molar-refractivity contribution is 0.0830. The van der Waals surface area contributed by atoms with Gasteiger partial charge >= 0.3 is 0 Å². The molecule has 2 N–H and O–H groups in total. The normalized spacial score (nSPS) is 17.8. The van der Waals surface area contributed by atoms with Gasteiger partial charge < -0.3 is 15.0 Å². The summed E-state index contributed by atoms with van der Waals surface area (Å²) in [4.78, 5) is 4.49. The second-order valence-corrected chi connectivity index (χ2v) is 5.51. The minimum atomic E-state index is -0.203. The maximum absolute atomic E-state index is 6.16. The van der Waals surface area contributed by atoms with Crippen LogP contribution in [0, 0.1) is 0 Å². The van der Waals surface area contributed by atoms with E-state index in [1.807, 2.05) is 18.2 Å². The second-order valence-electron chi connectivity index (χ2n) is 5.51. The van der Waals surface area contributed by atoms with Crippen LogP contribution in [0.2, 0.25) is 0 Å². The van der Waals surface area contributed by atoms with Gasteiger partial charge in [-0.2, -0.15) is 4.98 Å². The van der Waals surface area contributed by atoms with E-state index in [0.29, 0.717) is 11.8 Å². The van der Waals surface area contributed by atoms with Crippen molar-refractivity contribution in [2.75, 3.05) is 13.2 Å². The highest BCUT2D eigenvalue weighted by atomic mass is 16.5. The predicted molar refractivity (Wildman–Crippen MR) is 78.8 cm³/mol. The van der Waals surface area contributed by atoms with Gasteiger partial charge in [-0.15, -0.1) is 0 Å². The number of hydrogen-bond acceptors (Lipinski definition) is 5. The maximum Gasteiger partial charge on any atom is 0.243 e. The quantitative estimate of drug-likeness (QED) is 0.915. The summed E-state index contributed by atoms with van der Waals surface area (Å²) in [6.07, 6.45) is 3.63. The van der Waals surface area contributed by atoms with Crippen LogP contribution in [0.15, 0.2) is 34.9 Å². The molecule has 1 aliphatic rings. The van der Waals surface area contributed by atoms with Gasteiger partial charge in [0.05, 0.1) is 6.04 Å². The van der Waals surface area contributed by atoms with E-state index in [1.165, 1.54) is 5.56 Å². The van der Waals surface area contributed by atoms with Crippen LogP contribution in [0.25, 0.3) is 0 Å². The number of nitrogens with two attached hydrogens (primary N) is 1. The molecular weight excluding hydrogens is 266 g/mol. The topological polar surface area (TPSA) is 74.2 Å². The van der Waals surface area contributed by atoms with Crippen molar-refractivity contribution in [1.82, 2.24) is 10.1 Å². The molecule has 1 fully saturated rings. The van der Waals surface area contributed by atoms with Crippen LogP contribution in [-0.2, 0) is 11.2 Å². The average Bonchev–Trinajstić information content (AvgIpc) is 3.04. The molecule has 0 bridgehead atoms. The fraction of sp³-hybridized carbons (Fsp3) is 0.500. The maximum atomic E-state index is 6.16. The molecule has 5 nitrogen and oxygen atoms in total. The minimum absolute atomic E-state index is 0.203. The molecule has 21 heavy (non-hydrogen) atoms. The summed E-state index contributed by atoms with van der Waals surface area (Å²) in [5.41, 5.74) is 7.44. The smallest absolute Gasteiger partial charge is 0.243 e. The third-order valence-electron chi connectivity index (χ3n) is 3.95. The molecule has 112 valence electrons. The lowest BCUT2D eigenvalue weighted by Crippen LogP contribution is -2.16. The van der Waals surface area contributed by atoms with Gasteiger partial charge in [0.1, 0.15) is 0 Å². The number of nitrogens with zero attached hydrogens (tertiary/aromatic N) is 2. The molecule has 3 rings (SSSR count). The Bertz CT molecular complexity index is 550. The van der Waals surface area contributed by atoms with Gasteiger partial charge in [0.15, 0.2) is 5.82 Å². The van der Waals surface area contributed by atoms with Crippen molar-refractivity contribution >= 4 is 0 Å². The fourth-order valence-corrected chi connectivity index (χ4v) is 2.61. The van der Waals surface area contributed by atoms with E-state index in [-0.39, 0.29) is 6.04 Å². The molecule has 2 aromatic rings. The lowest BCUT2D eigenvalue weighted by atomic mass is 10.00. The van der Waals surface area contributed by atoms with Crippen molar-refractivity contribution in [2.45, 2.75) is 37.6 Å². The Hall–Kier alpha value is -1.72. The van der Waals surface area contributed by atoms with Crippen LogP contribution in [0.3, 0.4) is 0 Å². The molecule has 1 aromatic carbocycles.